The zero-order valence-electron chi connectivity index (χ0n) is 14.1. The molecular formula is C19H26N2O3. The Hall–Kier alpha value is -1.88. The van der Waals surface area contributed by atoms with E-state index >= 15 is 0 Å². The Balaban J connectivity index is 1.57. The van der Waals surface area contributed by atoms with Gasteiger partial charge in [-0.3, -0.25) is 9.59 Å². The van der Waals surface area contributed by atoms with Gasteiger partial charge in [0, 0.05) is 19.0 Å². The highest BCUT2D eigenvalue weighted by molar-refractivity contribution is 5.89. The van der Waals surface area contributed by atoms with E-state index in [4.69, 9.17) is 0 Å². The van der Waals surface area contributed by atoms with Crippen molar-refractivity contribution in [2.75, 3.05) is 6.54 Å². The summed E-state index contributed by atoms with van der Waals surface area (Å²) in [7, 11) is 0. The van der Waals surface area contributed by atoms with Gasteiger partial charge in [0.05, 0.1) is 18.1 Å². The van der Waals surface area contributed by atoms with E-state index in [1.807, 2.05) is 42.2 Å². The molecule has 2 amide bonds. The lowest BCUT2D eigenvalue weighted by atomic mass is 9.92. The molecule has 0 spiro atoms. The van der Waals surface area contributed by atoms with Gasteiger partial charge in [0.25, 0.3) is 0 Å². The minimum absolute atomic E-state index is 0.0127. The Morgan fingerprint density at radius 2 is 1.88 bits per heavy atom. The standard InChI is InChI=1S/C19H26N2O3/c1-13(14-5-3-2-4-6-14)21-12-15(11-18(21)23)19(24)20-16-7-9-17(22)10-8-16/h2-6,13,15-17,22H,7-12H2,1H3,(H,20,24). The number of aliphatic hydroxyl groups is 1. The van der Waals surface area contributed by atoms with Gasteiger partial charge in [0.15, 0.2) is 0 Å². The van der Waals surface area contributed by atoms with Crippen molar-refractivity contribution in [1.29, 1.82) is 0 Å². The van der Waals surface area contributed by atoms with Gasteiger partial charge in [-0.2, -0.15) is 0 Å². The molecule has 2 aliphatic rings. The van der Waals surface area contributed by atoms with Gasteiger partial charge in [0.1, 0.15) is 0 Å². The number of hydrogen-bond donors (Lipinski definition) is 2. The number of likely N-dealkylation sites (tertiary alicyclic amines) is 1. The van der Waals surface area contributed by atoms with Crippen molar-refractivity contribution in [3.05, 3.63) is 35.9 Å². The molecule has 1 aromatic carbocycles. The quantitative estimate of drug-likeness (QED) is 0.887. The second-order valence-electron chi connectivity index (χ2n) is 7.05. The van der Waals surface area contributed by atoms with Crippen molar-refractivity contribution in [2.24, 2.45) is 5.92 Å². The Bertz CT molecular complexity index is 582. The lowest BCUT2D eigenvalue weighted by molar-refractivity contribution is -0.130. The molecule has 2 fully saturated rings. The highest BCUT2D eigenvalue weighted by Gasteiger charge is 2.37. The molecule has 0 radical (unpaired) electrons. The fraction of sp³-hybridized carbons (Fsp3) is 0.579. The molecule has 1 aromatic rings. The van der Waals surface area contributed by atoms with Crippen LogP contribution >= 0.6 is 0 Å². The average Bonchev–Trinajstić information content (AvgIpc) is 2.99. The largest absolute Gasteiger partial charge is 0.393 e. The van der Waals surface area contributed by atoms with Crippen molar-refractivity contribution >= 4 is 11.8 Å². The number of aliphatic hydroxyl groups excluding tert-OH is 1. The van der Waals surface area contributed by atoms with Crippen LogP contribution in [0, 0.1) is 5.92 Å². The second kappa shape index (κ2) is 7.34. The predicted molar refractivity (Wildman–Crippen MR) is 91.1 cm³/mol. The fourth-order valence-corrected chi connectivity index (χ4v) is 3.73. The van der Waals surface area contributed by atoms with Crippen LogP contribution < -0.4 is 5.32 Å². The molecule has 1 saturated heterocycles. The van der Waals surface area contributed by atoms with Crippen LogP contribution in [-0.2, 0) is 9.59 Å². The summed E-state index contributed by atoms with van der Waals surface area (Å²) in [6, 6.07) is 10.0. The van der Waals surface area contributed by atoms with E-state index in [9.17, 15) is 14.7 Å². The van der Waals surface area contributed by atoms with E-state index in [1.165, 1.54) is 0 Å². The van der Waals surface area contributed by atoms with Crippen molar-refractivity contribution < 1.29 is 14.7 Å². The number of carbonyl (C=O) groups is 2. The first-order valence-corrected chi connectivity index (χ1v) is 8.87. The Morgan fingerprint density at radius 1 is 1.21 bits per heavy atom. The predicted octanol–water partition coefficient (Wildman–Crippen LogP) is 2.02. The third-order valence-electron chi connectivity index (χ3n) is 5.32. The summed E-state index contributed by atoms with van der Waals surface area (Å²) in [4.78, 5) is 26.7. The van der Waals surface area contributed by atoms with E-state index in [0.29, 0.717) is 13.0 Å². The molecule has 0 bridgehead atoms. The van der Waals surface area contributed by atoms with E-state index in [-0.39, 0.29) is 35.9 Å². The molecular weight excluding hydrogens is 304 g/mol. The Morgan fingerprint density at radius 3 is 2.54 bits per heavy atom. The van der Waals surface area contributed by atoms with Gasteiger partial charge in [-0.15, -0.1) is 0 Å². The smallest absolute Gasteiger partial charge is 0.225 e. The molecule has 1 aliphatic heterocycles. The lowest BCUT2D eigenvalue weighted by Crippen LogP contribution is -2.42. The topological polar surface area (TPSA) is 69.6 Å². The van der Waals surface area contributed by atoms with E-state index in [0.717, 1.165) is 31.2 Å². The van der Waals surface area contributed by atoms with E-state index < -0.39 is 0 Å². The number of amides is 2. The third-order valence-corrected chi connectivity index (χ3v) is 5.32. The summed E-state index contributed by atoms with van der Waals surface area (Å²) in [6.45, 7) is 2.49. The molecule has 0 aromatic heterocycles. The van der Waals surface area contributed by atoms with Crippen LogP contribution in [0.5, 0.6) is 0 Å². The lowest BCUT2D eigenvalue weighted by Gasteiger charge is -2.28. The molecule has 2 atom stereocenters. The minimum Gasteiger partial charge on any atom is -0.393 e. The highest BCUT2D eigenvalue weighted by Crippen LogP contribution is 2.29. The van der Waals surface area contributed by atoms with Crippen LogP contribution in [0.4, 0.5) is 0 Å². The summed E-state index contributed by atoms with van der Waals surface area (Å²) >= 11 is 0. The van der Waals surface area contributed by atoms with E-state index in [1.54, 1.807) is 0 Å². The maximum Gasteiger partial charge on any atom is 0.225 e. The second-order valence-corrected chi connectivity index (χ2v) is 7.05. The maximum absolute atomic E-state index is 12.5. The number of nitrogens with one attached hydrogen (secondary N) is 1. The highest BCUT2D eigenvalue weighted by atomic mass is 16.3. The summed E-state index contributed by atoms with van der Waals surface area (Å²) in [5, 5.41) is 12.6. The van der Waals surface area contributed by atoms with Gasteiger partial charge in [-0.05, 0) is 38.2 Å². The Labute approximate surface area is 143 Å². The van der Waals surface area contributed by atoms with Crippen molar-refractivity contribution in [2.45, 2.75) is 57.2 Å². The number of rotatable bonds is 4. The molecule has 3 rings (SSSR count). The number of benzene rings is 1. The van der Waals surface area contributed by atoms with Gasteiger partial charge >= 0.3 is 0 Å². The summed E-state index contributed by atoms with van der Waals surface area (Å²) in [6.07, 6.45) is 3.18. The first kappa shape index (κ1) is 17.0. The zero-order chi connectivity index (χ0) is 17.1. The Kier molecular flexibility index (Phi) is 5.19. The van der Waals surface area contributed by atoms with Crippen molar-refractivity contribution in [1.82, 2.24) is 10.2 Å². The van der Waals surface area contributed by atoms with E-state index in [2.05, 4.69) is 5.32 Å². The summed E-state index contributed by atoms with van der Waals surface area (Å²) in [5.41, 5.74) is 1.09. The van der Waals surface area contributed by atoms with Gasteiger partial charge in [-0.1, -0.05) is 30.3 Å². The van der Waals surface area contributed by atoms with Crippen LogP contribution in [0.15, 0.2) is 30.3 Å². The number of nitrogens with zero attached hydrogens (tertiary/aromatic N) is 1. The normalized spacial score (nSPS) is 28.7. The monoisotopic (exact) mass is 330 g/mol. The number of hydrogen-bond acceptors (Lipinski definition) is 3. The van der Waals surface area contributed by atoms with Crippen LogP contribution in [0.25, 0.3) is 0 Å². The molecule has 5 nitrogen and oxygen atoms in total. The molecule has 1 saturated carbocycles. The van der Waals surface area contributed by atoms with Gasteiger partial charge in [0.2, 0.25) is 11.8 Å². The maximum atomic E-state index is 12.5. The molecule has 130 valence electrons. The van der Waals surface area contributed by atoms with Crippen LogP contribution in [0.1, 0.15) is 50.6 Å². The third kappa shape index (κ3) is 3.78. The van der Waals surface area contributed by atoms with Gasteiger partial charge < -0.3 is 15.3 Å². The van der Waals surface area contributed by atoms with Crippen molar-refractivity contribution in [3.63, 3.8) is 0 Å². The first-order valence-electron chi connectivity index (χ1n) is 8.87. The molecule has 2 unspecified atom stereocenters. The van der Waals surface area contributed by atoms with Gasteiger partial charge in [-0.25, -0.2) is 0 Å². The van der Waals surface area contributed by atoms with Crippen LogP contribution in [0.3, 0.4) is 0 Å². The molecule has 2 N–H and O–H groups in total. The SMILES string of the molecule is CC(c1ccccc1)N1CC(C(=O)NC2CCC(O)CC2)CC1=O. The average molecular weight is 330 g/mol. The van der Waals surface area contributed by atoms with Crippen LogP contribution in [0.2, 0.25) is 0 Å². The zero-order valence-corrected chi connectivity index (χ0v) is 14.1. The molecule has 24 heavy (non-hydrogen) atoms. The molecule has 5 heteroatoms. The van der Waals surface area contributed by atoms with Crippen molar-refractivity contribution in [3.8, 4) is 0 Å². The molecule has 1 aliphatic carbocycles. The summed E-state index contributed by atoms with van der Waals surface area (Å²) < 4.78 is 0. The minimum atomic E-state index is -0.268. The summed E-state index contributed by atoms with van der Waals surface area (Å²) in [5.74, 6) is -0.242. The first-order chi connectivity index (χ1) is 11.5. The molecule has 1 heterocycles. The fourth-order valence-electron chi connectivity index (χ4n) is 3.73. The number of carbonyl (C=O) groups excluding carboxylic acids is 2. The van der Waals surface area contributed by atoms with Crippen LogP contribution in [-0.4, -0.2) is 40.5 Å².